The first-order valence-electron chi connectivity index (χ1n) is 27.1. The van der Waals surface area contributed by atoms with Crippen molar-refractivity contribution in [3.05, 3.63) is 207 Å². The molecule has 0 spiro atoms. The molecule has 0 atom stereocenters. The van der Waals surface area contributed by atoms with Crippen LogP contribution in [-0.4, -0.2) is 121 Å². The van der Waals surface area contributed by atoms with Crippen molar-refractivity contribution in [2.75, 3.05) is 60.3 Å². The van der Waals surface area contributed by atoms with E-state index in [0.29, 0.717) is 68.3 Å². The van der Waals surface area contributed by atoms with E-state index < -0.39 is 8.07 Å². The number of carbonyl (C=O) groups excluding carboxylic acids is 2. The first-order chi connectivity index (χ1) is 38.5. The second-order valence-corrected chi connectivity index (χ2v) is 26.3. The van der Waals surface area contributed by atoms with Crippen LogP contribution in [0.1, 0.15) is 57.1 Å². The molecule has 9 rings (SSSR count). The van der Waals surface area contributed by atoms with E-state index in [1.807, 2.05) is 60.7 Å². The van der Waals surface area contributed by atoms with Gasteiger partial charge in [0.15, 0.2) is 5.71 Å². The summed E-state index contributed by atoms with van der Waals surface area (Å²) in [6, 6.07) is 44.0. The number of nitrogens with zero attached hydrogens (tertiary/aromatic N) is 4. The predicted octanol–water partition coefficient (Wildman–Crippen LogP) is 9.09. The Morgan fingerprint density at radius 3 is 1.82 bits per heavy atom. The number of anilines is 1. The highest BCUT2D eigenvalue weighted by atomic mass is 28.3. The number of carbonyl (C=O) groups is 2. The largest absolute Gasteiger partial charge is 0.569 e. The van der Waals surface area contributed by atoms with Gasteiger partial charge in [-0.3, -0.25) is 19.4 Å². The SMILES string of the molecule is C=C(C)C(=O)NCCCNC(=O)c1cc(C2=C3C=CC(=[N+](C)C)C=C3[Si](C)(C)c3cc(N(C)C)ccc32)cc(-c2ccc3c(CN(C)Cc4ccccc4O[B]O)c4ccccc4c(CN(C)Cc4ccccc4O[B]O)c3c2)c1. The maximum Gasteiger partial charge on any atom is 0.569 e. The van der Waals surface area contributed by atoms with E-state index in [1.165, 1.54) is 27.1 Å². The zero-order valence-corrected chi connectivity index (χ0v) is 48.5. The second-order valence-electron chi connectivity index (χ2n) is 22.0. The Balaban J connectivity index is 1.24. The van der Waals surface area contributed by atoms with Crippen LogP contribution in [0.4, 0.5) is 5.69 Å². The fraction of sp³-hybridized carbons (Fsp3) is 0.246. The van der Waals surface area contributed by atoms with Crippen LogP contribution in [0, 0.1) is 0 Å². The summed E-state index contributed by atoms with van der Waals surface area (Å²) >= 11 is 0. The molecule has 1 aliphatic heterocycles. The quantitative estimate of drug-likeness (QED) is 0.0183. The lowest BCUT2D eigenvalue weighted by Gasteiger charge is -2.38. The molecule has 2 aliphatic rings. The third-order valence-corrected chi connectivity index (χ3v) is 18.9. The molecule has 15 heteroatoms. The monoisotopic (exact) mass is 1080 g/mol. The average molecular weight is 1080 g/mol. The van der Waals surface area contributed by atoms with E-state index in [-0.39, 0.29) is 11.8 Å². The van der Waals surface area contributed by atoms with E-state index in [2.05, 4.69) is 177 Å². The minimum absolute atomic E-state index is 0.205. The third kappa shape index (κ3) is 12.2. The molecule has 406 valence electrons. The van der Waals surface area contributed by atoms with Gasteiger partial charge in [0, 0.05) is 93.5 Å². The molecule has 7 aromatic carbocycles. The summed E-state index contributed by atoms with van der Waals surface area (Å²) in [7, 11) is 11.7. The first kappa shape index (κ1) is 56.9. The van der Waals surface area contributed by atoms with E-state index in [1.54, 1.807) is 6.92 Å². The van der Waals surface area contributed by atoms with Crippen LogP contribution in [0.25, 0.3) is 38.2 Å². The number of rotatable bonds is 21. The third-order valence-electron chi connectivity index (χ3n) is 15.3. The van der Waals surface area contributed by atoms with E-state index in [4.69, 9.17) is 9.31 Å². The molecule has 2 radical (unpaired) electrons. The van der Waals surface area contributed by atoms with Crippen molar-refractivity contribution < 1.29 is 33.5 Å². The van der Waals surface area contributed by atoms with E-state index >= 15 is 0 Å². The molecule has 1 aliphatic carbocycles. The highest BCUT2D eigenvalue weighted by molar-refractivity contribution is 6.98. The number of fused-ring (bicyclic) bond motifs is 4. The van der Waals surface area contributed by atoms with Gasteiger partial charge in [-0.25, -0.2) is 4.58 Å². The second kappa shape index (κ2) is 24.7. The molecule has 0 fully saturated rings. The summed E-state index contributed by atoms with van der Waals surface area (Å²) in [6.45, 7) is 13.4. The molecule has 7 aromatic rings. The molecule has 0 saturated heterocycles. The summed E-state index contributed by atoms with van der Waals surface area (Å²) in [5.74, 6) is 0.761. The summed E-state index contributed by atoms with van der Waals surface area (Å²) in [6.07, 6.45) is 7.39. The molecular weight excluding hydrogens is 1010 g/mol. The summed E-state index contributed by atoms with van der Waals surface area (Å²) in [5.41, 5.74) is 13.6. The Labute approximate surface area is 473 Å². The first-order valence-corrected chi connectivity index (χ1v) is 30.1. The van der Waals surface area contributed by atoms with Gasteiger partial charge in [-0.05, 0) is 159 Å². The molecular formula is C65H71B2N6O6Si+. The standard InChI is InChI=1S/C65H70B2N6O6Si/c1-42(2)64(74)68-30-17-31-69-65(75)48-33-46(32-47(34-48)63-54-28-25-49(70(3)4)36-61(54)80(9,10)62-37-50(71(5)6)26-29-55(62)63)43-24-27-53-56(35-43)58(41-73(8)39-45-19-12-16-23-60(45)79-67-77)52-21-14-13-20-51(52)57(53)40-72(7)38-44-18-11-15-22-59(44)78-66-76/h11-16,18-29,32-37,76-77H,1,17,30-31,38-41H2,2-10H3,(H-,68,69,74,75)/p+1. The van der Waals surface area contributed by atoms with Crippen molar-refractivity contribution >= 4 is 79.0 Å². The van der Waals surface area contributed by atoms with Crippen LogP contribution in [0.3, 0.4) is 0 Å². The summed E-state index contributed by atoms with van der Waals surface area (Å²) in [5, 5.41) is 32.4. The van der Waals surface area contributed by atoms with Gasteiger partial charge in [0.2, 0.25) is 5.91 Å². The molecule has 2 amide bonds. The highest BCUT2D eigenvalue weighted by Crippen LogP contribution is 2.44. The van der Waals surface area contributed by atoms with Gasteiger partial charge in [-0.15, -0.1) is 0 Å². The van der Waals surface area contributed by atoms with Crippen LogP contribution in [0.15, 0.2) is 169 Å². The van der Waals surface area contributed by atoms with Crippen LogP contribution >= 0.6 is 0 Å². The van der Waals surface area contributed by atoms with Crippen molar-refractivity contribution in [3.8, 4) is 22.6 Å². The minimum Gasteiger partial charge on any atom is -0.537 e. The van der Waals surface area contributed by atoms with Crippen LogP contribution < -0.4 is 30.0 Å². The average Bonchev–Trinajstić information content (AvgIpc) is 3.46. The van der Waals surface area contributed by atoms with Gasteiger partial charge in [0.05, 0.1) is 0 Å². The Kier molecular flexibility index (Phi) is 17.6. The fourth-order valence-corrected chi connectivity index (χ4v) is 14.3. The van der Waals surface area contributed by atoms with Gasteiger partial charge in [-0.1, -0.05) is 98.5 Å². The maximum atomic E-state index is 14.7. The minimum atomic E-state index is -2.30. The number of nitrogens with one attached hydrogen (secondary N) is 2. The molecule has 1 heterocycles. The Hall–Kier alpha value is -7.78. The lowest BCUT2D eigenvalue weighted by molar-refractivity contribution is -0.462. The smallest absolute Gasteiger partial charge is 0.537 e. The molecule has 0 aromatic heterocycles. The zero-order valence-electron chi connectivity index (χ0n) is 47.5. The van der Waals surface area contributed by atoms with Gasteiger partial charge in [-0.2, -0.15) is 0 Å². The normalized spacial score (nSPS) is 13.5. The lowest BCUT2D eigenvalue weighted by Crippen LogP contribution is -2.49. The molecule has 0 bridgehead atoms. The number of amides is 2. The maximum absolute atomic E-state index is 14.7. The van der Waals surface area contributed by atoms with Crippen LogP contribution in [-0.2, 0) is 31.0 Å². The fourth-order valence-electron chi connectivity index (χ4n) is 11.2. The molecule has 0 saturated carbocycles. The van der Waals surface area contributed by atoms with Crippen molar-refractivity contribution in [1.82, 2.24) is 20.4 Å². The van der Waals surface area contributed by atoms with Gasteiger partial charge in [0.1, 0.15) is 33.7 Å². The summed E-state index contributed by atoms with van der Waals surface area (Å²) in [4.78, 5) is 33.7. The summed E-state index contributed by atoms with van der Waals surface area (Å²) < 4.78 is 13.2. The number of hydrogen-bond donors (Lipinski definition) is 4. The topological polar surface area (TPSA) is 130 Å². The molecule has 4 N–H and O–H groups in total. The Morgan fingerprint density at radius 2 is 1.23 bits per heavy atom. The van der Waals surface area contributed by atoms with Gasteiger partial charge >= 0.3 is 15.4 Å². The van der Waals surface area contributed by atoms with Crippen LogP contribution in [0.2, 0.25) is 13.1 Å². The van der Waals surface area contributed by atoms with Crippen LogP contribution in [0.5, 0.6) is 11.5 Å². The van der Waals surface area contributed by atoms with Crippen molar-refractivity contribution in [2.24, 2.45) is 0 Å². The Morgan fingerprint density at radius 1 is 0.650 bits per heavy atom. The number of allylic oxidation sites excluding steroid dienone is 5. The molecule has 12 nitrogen and oxygen atoms in total. The number of benzene rings is 7. The Bertz CT molecular complexity index is 3680. The lowest BCUT2D eigenvalue weighted by atomic mass is 9.86. The van der Waals surface area contributed by atoms with Gasteiger partial charge < -0.3 is 34.9 Å². The number of hydrogen-bond acceptors (Lipinski definition) is 9. The highest BCUT2D eigenvalue weighted by Gasteiger charge is 2.41. The zero-order chi connectivity index (χ0) is 56.8. The van der Waals surface area contributed by atoms with Crippen molar-refractivity contribution in [3.63, 3.8) is 0 Å². The van der Waals surface area contributed by atoms with Gasteiger partial charge in [0.25, 0.3) is 5.91 Å². The van der Waals surface area contributed by atoms with Crippen molar-refractivity contribution in [1.29, 1.82) is 0 Å². The van der Waals surface area contributed by atoms with E-state index in [9.17, 15) is 19.6 Å². The molecule has 80 heavy (non-hydrogen) atoms. The predicted molar refractivity (Wildman–Crippen MR) is 330 cm³/mol. The molecule has 0 unspecified atom stereocenters. The van der Waals surface area contributed by atoms with Crippen molar-refractivity contribution in [2.45, 2.75) is 52.6 Å². The number of para-hydroxylation sites is 2. The van der Waals surface area contributed by atoms with E-state index in [0.717, 1.165) is 87.3 Å².